The first kappa shape index (κ1) is 9.98. The van der Waals surface area contributed by atoms with Crippen molar-refractivity contribution >= 4 is 5.91 Å². The summed E-state index contributed by atoms with van der Waals surface area (Å²) in [5.74, 6) is 0.183. The van der Waals surface area contributed by atoms with Crippen molar-refractivity contribution in [3.8, 4) is 5.75 Å². The number of benzene rings is 1. The largest absolute Gasteiger partial charge is 0.508 e. The van der Waals surface area contributed by atoms with Crippen LogP contribution in [0.2, 0.25) is 0 Å². The van der Waals surface area contributed by atoms with Crippen LogP contribution in [0.25, 0.3) is 0 Å². The topological polar surface area (TPSA) is 60.8 Å². The summed E-state index contributed by atoms with van der Waals surface area (Å²) >= 11 is 0. The Hall–Kier alpha value is -1.55. The van der Waals surface area contributed by atoms with Crippen LogP contribution in [0, 0.1) is 0 Å². The maximum absolute atomic E-state index is 11.4. The van der Waals surface area contributed by atoms with E-state index in [4.69, 9.17) is 5.11 Å². The number of hydrogen-bond acceptors (Lipinski definition) is 3. The SMILES string of the molecule is O=C1CCC(O)N1Cc1ccc(O)cc1. The van der Waals surface area contributed by atoms with Gasteiger partial charge in [0.25, 0.3) is 0 Å². The number of phenolic OH excluding ortho intramolecular Hbond substituents is 1. The summed E-state index contributed by atoms with van der Waals surface area (Å²) in [5.41, 5.74) is 0.905. The number of likely N-dealkylation sites (tertiary alicyclic amines) is 1. The molecule has 2 rings (SSSR count). The molecule has 0 aliphatic carbocycles. The zero-order valence-electron chi connectivity index (χ0n) is 8.26. The van der Waals surface area contributed by atoms with Crippen LogP contribution in [0.1, 0.15) is 18.4 Å². The summed E-state index contributed by atoms with van der Waals surface area (Å²) in [6.45, 7) is 0.403. The third-order valence-corrected chi connectivity index (χ3v) is 2.59. The highest BCUT2D eigenvalue weighted by atomic mass is 16.3. The fraction of sp³-hybridized carbons (Fsp3) is 0.364. The van der Waals surface area contributed by atoms with Crippen molar-refractivity contribution in [1.82, 2.24) is 4.90 Å². The van der Waals surface area contributed by atoms with Crippen LogP contribution in [0.4, 0.5) is 0 Å². The molecular formula is C11H13NO3. The molecule has 1 aromatic carbocycles. The van der Waals surface area contributed by atoms with Gasteiger partial charge in [0.2, 0.25) is 5.91 Å². The van der Waals surface area contributed by atoms with Gasteiger partial charge in [-0.3, -0.25) is 4.79 Å². The molecule has 0 spiro atoms. The molecule has 15 heavy (non-hydrogen) atoms. The minimum atomic E-state index is -0.661. The number of aliphatic hydroxyl groups excluding tert-OH is 1. The lowest BCUT2D eigenvalue weighted by Gasteiger charge is -2.20. The first-order valence-electron chi connectivity index (χ1n) is 4.92. The number of phenols is 1. The van der Waals surface area contributed by atoms with E-state index in [1.165, 1.54) is 4.90 Å². The molecule has 1 aliphatic heterocycles. The zero-order valence-corrected chi connectivity index (χ0v) is 8.26. The fourth-order valence-corrected chi connectivity index (χ4v) is 1.71. The number of aromatic hydroxyl groups is 1. The Bertz CT molecular complexity index is 361. The Kier molecular flexibility index (Phi) is 2.60. The van der Waals surface area contributed by atoms with Crippen molar-refractivity contribution in [2.24, 2.45) is 0 Å². The Morgan fingerprint density at radius 3 is 2.53 bits per heavy atom. The van der Waals surface area contributed by atoms with Gasteiger partial charge in [-0.05, 0) is 17.7 Å². The summed E-state index contributed by atoms with van der Waals surface area (Å²) in [4.78, 5) is 12.8. The lowest BCUT2D eigenvalue weighted by atomic mass is 10.2. The monoisotopic (exact) mass is 207 g/mol. The molecule has 0 bridgehead atoms. The quantitative estimate of drug-likeness (QED) is 0.755. The smallest absolute Gasteiger partial charge is 0.225 e. The molecule has 80 valence electrons. The number of carbonyl (C=O) groups excluding carboxylic acids is 1. The predicted molar refractivity (Wildman–Crippen MR) is 53.9 cm³/mol. The van der Waals surface area contributed by atoms with Crippen LogP contribution >= 0.6 is 0 Å². The van der Waals surface area contributed by atoms with E-state index in [1.54, 1.807) is 24.3 Å². The van der Waals surface area contributed by atoms with E-state index in [2.05, 4.69) is 0 Å². The number of rotatable bonds is 2. The van der Waals surface area contributed by atoms with Gasteiger partial charge < -0.3 is 15.1 Å². The fourth-order valence-electron chi connectivity index (χ4n) is 1.71. The second-order valence-electron chi connectivity index (χ2n) is 3.71. The summed E-state index contributed by atoms with van der Waals surface area (Å²) in [6.07, 6.45) is 0.266. The van der Waals surface area contributed by atoms with Crippen LogP contribution < -0.4 is 0 Å². The molecule has 1 fully saturated rings. The van der Waals surface area contributed by atoms with Gasteiger partial charge in [-0.1, -0.05) is 12.1 Å². The highest BCUT2D eigenvalue weighted by Gasteiger charge is 2.28. The molecule has 1 heterocycles. The lowest BCUT2D eigenvalue weighted by molar-refractivity contribution is -0.134. The molecule has 1 aromatic rings. The molecule has 0 aromatic heterocycles. The van der Waals surface area contributed by atoms with Crippen molar-refractivity contribution in [2.45, 2.75) is 25.6 Å². The van der Waals surface area contributed by atoms with Gasteiger partial charge in [0, 0.05) is 19.4 Å². The number of amides is 1. The highest BCUT2D eigenvalue weighted by molar-refractivity contribution is 5.78. The summed E-state index contributed by atoms with van der Waals surface area (Å²) in [6, 6.07) is 6.63. The number of aliphatic hydroxyl groups is 1. The van der Waals surface area contributed by atoms with Gasteiger partial charge in [0.05, 0.1) is 0 Å². The average molecular weight is 207 g/mol. The molecule has 4 heteroatoms. The Balaban J connectivity index is 2.08. The minimum Gasteiger partial charge on any atom is -0.508 e. The van der Waals surface area contributed by atoms with Crippen molar-refractivity contribution in [3.05, 3.63) is 29.8 Å². The molecule has 0 saturated carbocycles. The van der Waals surface area contributed by atoms with Crippen LogP contribution in [0.15, 0.2) is 24.3 Å². The van der Waals surface area contributed by atoms with E-state index in [0.717, 1.165) is 5.56 Å². The third kappa shape index (κ3) is 2.10. The van der Waals surface area contributed by atoms with Crippen molar-refractivity contribution in [1.29, 1.82) is 0 Å². The van der Waals surface area contributed by atoms with Gasteiger partial charge in [-0.25, -0.2) is 0 Å². The van der Waals surface area contributed by atoms with E-state index in [9.17, 15) is 9.90 Å². The summed E-state index contributed by atoms with van der Waals surface area (Å²) in [7, 11) is 0. The first-order chi connectivity index (χ1) is 7.16. The van der Waals surface area contributed by atoms with Crippen LogP contribution in [0.5, 0.6) is 5.75 Å². The molecular weight excluding hydrogens is 194 g/mol. The van der Waals surface area contributed by atoms with E-state index >= 15 is 0 Å². The van der Waals surface area contributed by atoms with E-state index in [-0.39, 0.29) is 11.7 Å². The van der Waals surface area contributed by atoms with E-state index in [0.29, 0.717) is 19.4 Å². The standard InChI is InChI=1S/C11H13NO3/c13-9-3-1-8(2-4-9)7-12-10(14)5-6-11(12)15/h1-4,10,13-14H,5-7H2. The normalized spacial score (nSPS) is 21.0. The molecule has 4 nitrogen and oxygen atoms in total. The van der Waals surface area contributed by atoms with Crippen molar-refractivity contribution < 1.29 is 15.0 Å². The maximum Gasteiger partial charge on any atom is 0.225 e. The van der Waals surface area contributed by atoms with Crippen LogP contribution in [-0.2, 0) is 11.3 Å². The molecule has 1 saturated heterocycles. The second-order valence-corrected chi connectivity index (χ2v) is 3.71. The first-order valence-corrected chi connectivity index (χ1v) is 4.92. The number of hydrogen-bond donors (Lipinski definition) is 2. The summed E-state index contributed by atoms with van der Waals surface area (Å²) in [5, 5.41) is 18.6. The van der Waals surface area contributed by atoms with E-state index < -0.39 is 6.23 Å². The van der Waals surface area contributed by atoms with Gasteiger partial charge in [-0.2, -0.15) is 0 Å². The predicted octanol–water partition coefficient (Wildman–Crippen LogP) is 0.833. The Morgan fingerprint density at radius 1 is 1.33 bits per heavy atom. The van der Waals surface area contributed by atoms with Crippen LogP contribution in [-0.4, -0.2) is 27.2 Å². The molecule has 1 amide bonds. The molecule has 0 radical (unpaired) electrons. The molecule has 1 aliphatic rings. The average Bonchev–Trinajstić information content (AvgIpc) is 2.53. The van der Waals surface area contributed by atoms with Crippen LogP contribution in [0.3, 0.4) is 0 Å². The van der Waals surface area contributed by atoms with Gasteiger partial charge >= 0.3 is 0 Å². The number of carbonyl (C=O) groups is 1. The van der Waals surface area contributed by atoms with Gasteiger partial charge in [0.1, 0.15) is 12.0 Å². The minimum absolute atomic E-state index is 0.0180. The zero-order chi connectivity index (χ0) is 10.8. The van der Waals surface area contributed by atoms with Crippen molar-refractivity contribution in [3.63, 3.8) is 0 Å². The lowest BCUT2D eigenvalue weighted by Crippen LogP contribution is -2.31. The van der Waals surface area contributed by atoms with E-state index in [1.807, 2.05) is 0 Å². The Morgan fingerprint density at radius 2 is 2.00 bits per heavy atom. The Labute approximate surface area is 87.8 Å². The van der Waals surface area contributed by atoms with Crippen molar-refractivity contribution in [2.75, 3.05) is 0 Å². The van der Waals surface area contributed by atoms with Gasteiger partial charge in [-0.15, -0.1) is 0 Å². The maximum atomic E-state index is 11.4. The third-order valence-electron chi connectivity index (χ3n) is 2.59. The van der Waals surface area contributed by atoms with Gasteiger partial charge in [0.15, 0.2) is 0 Å². The molecule has 1 atom stereocenters. The molecule has 2 N–H and O–H groups in total. The number of nitrogens with zero attached hydrogens (tertiary/aromatic N) is 1. The summed E-state index contributed by atoms with van der Waals surface area (Å²) < 4.78 is 0. The second kappa shape index (κ2) is 3.90. The highest BCUT2D eigenvalue weighted by Crippen LogP contribution is 2.20. The molecule has 1 unspecified atom stereocenters.